The number of nitrogens with zero attached hydrogens (tertiary/aromatic N) is 2. The maximum Gasteiger partial charge on any atom is 0.257 e. The normalized spacial score (nSPS) is 10.2. The minimum Gasteiger partial charge on any atom is -0.395 e. The number of aliphatic hydroxyl groups excluding tert-OH is 1. The highest BCUT2D eigenvalue weighted by atomic mass is 35.5. The third kappa shape index (κ3) is 3.18. The average Bonchev–Trinajstić information content (AvgIpc) is 2.28. The van der Waals surface area contributed by atoms with Crippen molar-refractivity contribution in [2.45, 2.75) is 13.3 Å². The van der Waals surface area contributed by atoms with Gasteiger partial charge >= 0.3 is 0 Å². The number of aromatic nitrogens is 1. The molecule has 5 heteroatoms. The molecule has 1 rings (SSSR count). The van der Waals surface area contributed by atoms with Crippen LogP contribution in [-0.4, -0.2) is 40.6 Å². The Morgan fingerprint density at radius 1 is 1.56 bits per heavy atom. The van der Waals surface area contributed by atoms with Crippen LogP contribution in [0.2, 0.25) is 5.02 Å². The van der Waals surface area contributed by atoms with Gasteiger partial charge in [0, 0.05) is 25.5 Å². The lowest BCUT2D eigenvalue weighted by Gasteiger charge is -2.21. The Hall–Kier alpha value is -1.13. The minimum atomic E-state index is -0.186. The molecule has 4 nitrogen and oxygen atoms in total. The molecule has 0 unspecified atom stereocenters. The summed E-state index contributed by atoms with van der Waals surface area (Å²) in [5.74, 6) is -0.186. The Balaban J connectivity index is 2.85. The number of hydrogen-bond donors (Lipinski definition) is 1. The molecular formula is C11H15ClN2O2. The van der Waals surface area contributed by atoms with Gasteiger partial charge in [-0.25, -0.2) is 0 Å². The molecule has 0 aliphatic carbocycles. The molecule has 1 N–H and O–H groups in total. The molecule has 0 saturated carbocycles. The first-order chi connectivity index (χ1) is 7.70. The molecule has 16 heavy (non-hydrogen) atoms. The first-order valence-corrected chi connectivity index (χ1v) is 5.58. The lowest BCUT2D eigenvalue weighted by molar-refractivity contribution is 0.0721. The van der Waals surface area contributed by atoms with Crippen molar-refractivity contribution >= 4 is 17.5 Å². The van der Waals surface area contributed by atoms with E-state index in [0.717, 1.165) is 6.42 Å². The quantitative estimate of drug-likeness (QED) is 0.853. The molecular weight excluding hydrogens is 228 g/mol. The van der Waals surface area contributed by atoms with E-state index in [0.29, 0.717) is 23.7 Å². The van der Waals surface area contributed by atoms with Crippen molar-refractivity contribution < 1.29 is 9.90 Å². The Kier molecular flexibility index (Phi) is 5.22. The molecule has 0 spiro atoms. The highest BCUT2D eigenvalue weighted by Crippen LogP contribution is 2.15. The molecule has 0 aromatic carbocycles. The van der Waals surface area contributed by atoms with Crippen LogP contribution in [0.4, 0.5) is 0 Å². The number of pyridine rings is 1. The smallest absolute Gasteiger partial charge is 0.257 e. The van der Waals surface area contributed by atoms with E-state index in [1.165, 1.54) is 12.4 Å². The van der Waals surface area contributed by atoms with Crippen LogP contribution in [0.5, 0.6) is 0 Å². The zero-order valence-electron chi connectivity index (χ0n) is 9.19. The van der Waals surface area contributed by atoms with E-state index < -0.39 is 0 Å². The number of rotatable bonds is 5. The molecule has 0 aliphatic rings. The van der Waals surface area contributed by atoms with Gasteiger partial charge in [0.25, 0.3) is 5.91 Å². The second-order valence-corrected chi connectivity index (χ2v) is 3.78. The van der Waals surface area contributed by atoms with E-state index in [9.17, 15) is 4.79 Å². The zero-order valence-corrected chi connectivity index (χ0v) is 9.94. The van der Waals surface area contributed by atoms with Crippen LogP contribution in [0.3, 0.4) is 0 Å². The molecule has 0 radical (unpaired) electrons. The van der Waals surface area contributed by atoms with Crippen LogP contribution in [0.25, 0.3) is 0 Å². The molecule has 1 heterocycles. The van der Waals surface area contributed by atoms with Gasteiger partial charge in [-0.3, -0.25) is 9.78 Å². The van der Waals surface area contributed by atoms with Crippen molar-refractivity contribution in [1.29, 1.82) is 0 Å². The Morgan fingerprint density at radius 3 is 2.88 bits per heavy atom. The van der Waals surface area contributed by atoms with E-state index in [1.54, 1.807) is 11.0 Å². The summed E-state index contributed by atoms with van der Waals surface area (Å²) < 4.78 is 0. The third-order valence-electron chi connectivity index (χ3n) is 2.15. The van der Waals surface area contributed by atoms with Gasteiger partial charge in [-0.15, -0.1) is 0 Å². The van der Waals surface area contributed by atoms with Crippen LogP contribution in [0, 0.1) is 0 Å². The van der Waals surface area contributed by atoms with Crippen molar-refractivity contribution in [3.63, 3.8) is 0 Å². The maximum atomic E-state index is 12.0. The summed E-state index contributed by atoms with van der Waals surface area (Å²) in [5, 5.41) is 9.27. The van der Waals surface area contributed by atoms with Gasteiger partial charge in [0.2, 0.25) is 0 Å². The van der Waals surface area contributed by atoms with E-state index in [1.807, 2.05) is 6.92 Å². The molecule has 0 bridgehead atoms. The van der Waals surface area contributed by atoms with Gasteiger partial charge in [-0.05, 0) is 12.5 Å². The van der Waals surface area contributed by atoms with Gasteiger partial charge in [0.05, 0.1) is 17.2 Å². The third-order valence-corrected chi connectivity index (χ3v) is 2.48. The molecule has 0 saturated heterocycles. The second kappa shape index (κ2) is 6.45. The van der Waals surface area contributed by atoms with Crippen LogP contribution in [0.1, 0.15) is 23.7 Å². The topological polar surface area (TPSA) is 53.4 Å². The summed E-state index contributed by atoms with van der Waals surface area (Å²) in [7, 11) is 0. The Morgan fingerprint density at radius 2 is 2.31 bits per heavy atom. The van der Waals surface area contributed by atoms with Crippen molar-refractivity contribution in [1.82, 2.24) is 9.88 Å². The van der Waals surface area contributed by atoms with Crippen LogP contribution < -0.4 is 0 Å². The predicted octanol–water partition coefficient (Wildman–Crippen LogP) is 1.58. The van der Waals surface area contributed by atoms with Crippen LogP contribution in [0.15, 0.2) is 18.5 Å². The van der Waals surface area contributed by atoms with E-state index in [4.69, 9.17) is 16.7 Å². The van der Waals surface area contributed by atoms with Crippen LogP contribution >= 0.6 is 11.6 Å². The average molecular weight is 243 g/mol. The molecule has 1 aromatic rings. The lowest BCUT2D eigenvalue weighted by Crippen LogP contribution is -2.34. The van der Waals surface area contributed by atoms with Gasteiger partial charge in [-0.2, -0.15) is 0 Å². The van der Waals surface area contributed by atoms with E-state index in [2.05, 4.69) is 4.98 Å². The Labute approximate surface area is 99.9 Å². The first kappa shape index (κ1) is 12.9. The summed E-state index contributed by atoms with van der Waals surface area (Å²) in [6.07, 6.45) is 3.82. The Bertz CT molecular complexity index is 352. The number of halogens is 1. The lowest BCUT2D eigenvalue weighted by atomic mass is 10.2. The summed E-state index contributed by atoms with van der Waals surface area (Å²) in [6, 6.07) is 1.58. The number of amides is 1. The number of carbonyl (C=O) groups excluding carboxylic acids is 1. The highest BCUT2D eigenvalue weighted by Gasteiger charge is 2.17. The largest absolute Gasteiger partial charge is 0.395 e. The molecule has 88 valence electrons. The summed E-state index contributed by atoms with van der Waals surface area (Å²) in [5.41, 5.74) is 0.381. The predicted molar refractivity (Wildman–Crippen MR) is 62.5 cm³/mol. The zero-order chi connectivity index (χ0) is 12.0. The van der Waals surface area contributed by atoms with Crippen molar-refractivity contribution in [3.05, 3.63) is 29.0 Å². The molecule has 0 aliphatic heterocycles. The summed E-state index contributed by atoms with van der Waals surface area (Å²) in [4.78, 5) is 17.5. The van der Waals surface area contributed by atoms with Crippen LogP contribution in [-0.2, 0) is 0 Å². The maximum absolute atomic E-state index is 12.0. The van der Waals surface area contributed by atoms with Crippen molar-refractivity contribution in [3.8, 4) is 0 Å². The van der Waals surface area contributed by atoms with Gasteiger partial charge in [-0.1, -0.05) is 18.5 Å². The monoisotopic (exact) mass is 242 g/mol. The standard InChI is InChI=1S/C11H15ClN2O2/c1-2-5-14(6-7-15)11(16)9-8-13-4-3-10(9)12/h3-4,8,15H,2,5-7H2,1H3. The molecule has 1 amide bonds. The fourth-order valence-electron chi connectivity index (χ4n) is 1.41. The van der Waals surface area contributed by atoms with Crippen molar-refractivity contribution in [2.75, 3.05) is 19.7 Å². The summed E-state index contributed by atoms with van der Waals surface area (Å²) in [6.45, 7) is 2.84. The first-order valence-electron chi connectivity index (χ1n) is 5.20. The minimum absolute atomic E-state index is 0.0520. The highest BCUT2D eigenvalue weighted by molar-refractivity contribution is 6.33. The number of aliphatic hydroxyl groups is 1. The van der Waals surface area contributed by atoms with E-state index >= 15 is 0 Å². The van der Waals surface area contributed by atoms with Gasteiger partial charge in [0.1, 0.15) is 0 Å². The second-order valence-electron chi connectivity index (χ2n) is 3.37. The summed E-state index contributed by atoms with van der Waals surface area (Å²) >= 11 is 5.91. The van der Waals surface area contributed by atoms with Gasteiger partial charge < -0.3 is 10.0 Å². The van der Waals surface area contributed by atoms with Crippen molar-refractivity contribution in [2.24, 2.45) is 0 Å². The number of carbonyl (C=O) groups is 1. The van der Waals surface area contributed by atoms with E-state index in [-0.39, 0.29) is 12.5 Å². The fraction of sp³-hybridized carbons (Fsp3) is 0.455. The molecule has 1 aromatic heterocycles. The van der Waals surface area contributed by atoms with Gasteiger partial charge in [0.15, 0.2) is 0 Å². The molecule has 0 fully saturated rings. The molecule has 0 atom stereocenters. The fourth-order valence-corrected chi connectivity index (χ4v) is 1.60. The number of hydrogen-bond acceptors (Lipinski definition) is 3. The SMILES string of the molecule is CCCN(CCO)C(=O)c1cnccc1Cl.